The van der Waals surface area contributed by atoms with Gasteiger partial charge < -0.3 is 9.32 Å². The Kier molecular flexibility index (Phi) is 6.74. The molecule has 1 amide bonds. The van der Waals surface area contributed by atoms with E-state index in [1.807, 2.05) is 17.0 Å². The summed E-state index contributed by atoms with van der Waals surface area (Å²) in [6.45, 7) is 4.12. The zero-order chi connectivity index (χ0) is 23.7. The third-order valence-electron chi connectivity index (χ3n) is 6.46. The quantitative estimate of drug-likeness (QED) is 0.484. The van der Waals surface area contributed by atoms with Crippen molar-refractivity contribution in [1.82, 2.24) is 19.1 Å². The summed E-state index contributed by atoms with van der Waals surface area (Å²) in [6.07, 6.45) is 3.29. The Bertz CT molecular complexity index is 1280. The Balaban J connectivity index is 1.22. The summed E-state index contributed by atoms with van der Waals surface area (Å²) in [5.74, 6) is 0.621. The average molecular weight is 547 g/mol. The van der Waals surface area contributed by atoms with Crippen molar-refractivity contribution in [3.05, 3.63) is 58.4 Å². The number of rotatable bonds is 5. The number of nitrogens with zero attached hydrogens (tertiary/aromatic N) is 4. The number of fused-ring (bicyclic) bond motifs is 1. The van der Waals surface area contributed by atoms with E-state index in [1.54, 1.807) is 30.3 Å². The molecule has 0 saturated carbocycles. The highest BCUT2D eigenvalue weighted by Crippen LogP contribution is 2.23. The second-order valence-electron chi connectivity index (χ2n) is 8.78. The minimum atomic E-state index is -3.51. The van der Waals surface area contributed by atoms with Crippen LogP contribution in [0, 0.1) is 0 Å². The lowest BCUT2D eigenvalue weighted by Gasteiger charge is -2.33. The molecule has 10 heteroatoms. The molecular weight excluding hydrogens is 520 g/mol. The Labute approximate surface area is 207 Å². The lowest BCUT2D eigenvalue weighted by molar-refractivity contribution is 0.0724. The van der Waals surface area contributed by atoms with E-state index in [1.165, 1.54) is 10.7 Å². The second kappa shape index (κ2) is 9.77. The molecule has 0 spiro atoms. The molecule has 0 unspecified atom stereocenters. The van der Waals surface area contributed by atoms with E-state index < -0.39 is 10.0 Å². The molecule has 0 atom stereocenters. The van der Waals surface area contributed by atoms with E-state index in [-0.39, 0.29) is 5.91 Å². The number of halogens is 1. The summed E-state index contributed by atoms with van der Waals surface area (Å²) in [7, 11) is -3.51. The number of carbonyl (C=O) groups is 1. The highest BCUT2D eigenvalue weighted by Gasteiger charge is 2.29. The molecule has 3 aromatic rings. The van der Waals surface area contributed by atoms with Crippen LogP contribution in [0.3, 0.4) is 0 Å². The van der Waals surface area contributed by atoms with Gasteiger partial charge in [-0.15, -0.1) is 0 Å². The zero-order valence-electron chi connectivity index (χ0n) is 18.8. The molecule has 2 aromatic carbocycles. The maximum Gasteiger partial charge on any atom is 0.253 e. The van der Waals surface area contributed by atoms with Crippen molar-refractivity contribution in [1.29, 1.82) is 0 Å². The van der Waals surface area contributed by atoms with E-state index in [2.05, 4.69) is 25.8 Å². The predicted molar refractivity (Wildman–Crippen MR) is 132 cm³/mol. The van der Waals surface area contributed by atoms with Gasteiger partial charge in [-0.1, -0.05) is 15.9 Å². The number of piperidine rings is 1. The average Bonchev–Trinajstić information content (AvgIpc) is 3.26. The van der Waals surface area contributed by atoms with E-state index >= 15 is 0 Å². The highest BCUT2D eigenvalue weighted by atomic mass is 79.9. The lowest BCUT2D eigenvalue weighted by atomic mass is 10.1. The maximum absolute atomic E-state index is 12.9. The third kappa shape index (κ3) is 4.91. The molecule has 2 aliphatic rings. The fourth-order valence-corrected chi connectivity index (χ4v) is 6.22. The first-order valence-electron chi connectivity index (χ1n) is 11.6. The first kappa shape index (κ1) is 23.5. The first-order chi connectivity index (χ1) is 16.4. The molecule has 0 N–H and O–H groups in total. The number of sulfonamides is 1. The van der Waals surface area contributed by atoms with Crippen molar-refractivity contribution >= 4 is 43.0 Å². The molecule has 0 bridgehead atoms. The van der Waals surface area contributed by atoms with Gasteiger partial charge in [0.2, 0.25) is 15.9 Å². The van der Waals surface area contributed by atoms with E-state index in [4.69, 9.17) is 4.42 Å². The normalized spacial score (nSPS) is 18.4. The molecule has 2 aliphatic heterocycles. The van der Waals surface area contributed by atoms with Gasteiger partial charge in [-0.2, -0.15) is 4.31 Å². The van der Waals surface area contributed by atoms with Crippen LogP contribution < -0.4 is 0 Å². The molecule has 0 radical (unpaired) electrons. The SMILES string of the molecule is O=C(c1ccc2oc(CN3CCN(S(=O)(=O)c4ccc(Br)cc4)CC3)nc2c1)N1CCCCC1. The summed E-state index contributed by atoms with van der Waals surface area (Å²) in [5, 5.41) is 0. The molecular formula is C24H27BrN4O4S. The molecule has 34 heavy (non-hydrogen) atoms. The van der Waals surface area contributed by atoms with Gasteiger partial charge in [0.1, 0.15) is 5.52 Å². The van der Waals surface area contributed by atoms with E-state index in [9.17, 15) is 13.2 Å². The molecule has 180 valence electrons. The third-order valence-corrected chi connectivity index (χ3v) is 8.91. The van der Waals surface area contributed by atoms with Crippen LogP contribution in [0.15, 0.2) is 56.2 Å². The number of benzene rings is 2. The second-order valence-corrected chi connectivity index (χ2v) is 11.6. The summed E-state index contributed by atoms with van der Waals surface area (Å²) >= 11 is 3.34. The molecule has 8 nitrogen and oxygen atoms in total. The molecule has 2 saturated heterocycles. The topological polar surface area (TPSA) is 87.0 Å². The Hall–Kier alpha value is -2.27. The number of amides is 1. The fourth-order valence-electron chi connectivity index (χ4n) is 4.53. The first-order valence-corrected chi connectivity index (χ1v) is 13.8. The molecule has 2 fully saturated rings. The zero-order valence-corrected chi connectivity index (χ0v) is 21.2. The fraction of sp³-hybridized carbons (Fsp3) is 0.417. The van der Waals surface area contributed by atoms with Gasteiger partial charge in [-0.25, -0.2) is 13.4 Å². The van der Waals surface area contributed by atoms with Crippen LogP contribution in [0.2, 0.25) is 0 Å². The monoisotopic (exact) mass is 546 g/mol. The minimum Gasteiger partial charge on any atom is -0.439 e. The number of hydrogen-bond donors (Lipinski definition) is 0. The predicted octanol–water partition coefficient (Wildman–Crippen LogP) is 3.72. The van der Waals surface area contributed by atoms with Gasteiger partial charge in [-0.3, -0.25) is 9.69 Å². The van der Waals surface area contributed by atoms with Gasteiger partial charge in [0, 0.05) is 49.3 Å². The largest absolute Gasteiger partial charge is 0.439 e. The lowest BCUT2D eigenvalue weighted by Crippen LogP contribution is -2.48. The summed E-state index contributed by atoms with van der Waals surface area (Å²) in [5.41, 5.74) is 1.97. The van der Waals surface area contributed by atoms with Crippen LogP contribution in [0.25, 0.3) is 11.1 Å². The smallest absolute Gasteiger partial charge is 0.253 e. The standard InChI is InChI=1S/C24H27BrN4O4S/c25-19-5-7-20(8-6-19)34(31,32)29-14-12-27(13-15-29)17-23-26-21-16-18(4-9-22(21)33-23)24(30)28-10-2-1-3-11-28/h4-9,16H,1-3,10-15,17H2. The summed E-state index contributed by atoms with van der Waals surface area (Å²) in [4.78, 5) is 21.8. The van der Waals surface area contributed by atoms with E-state index in [0.717, 1.165) is 30.4 Å². The van der Waals surface area contributed by atoms with Crippen LogP contribution in [0.5, 0.6) is 0 Å². The van der Waals surface area contributed by atoms with Gasteiger partial charge in [0.05, 0.1) is 11.4 Å². The Morgan fingerprint density at radius 3 is 2.35 bits per heavy atom. The van der Waals surface area contributed by atoms with Crippen molar-refractivity contribution < 1.29 is 17.6 Å². The maximum atomic E-state index is 12.9. The van der Waals surface area contributed by atoms with Crippen molar-refractivity contribution in [3.63, 3.8) is 0 Å². The molecule has 0 aliphatic carbocycles. The van der Waals surface area contributed by atoms with Crippen LogP contribution in [0.1, 0.15) is 35.5 Å². The van der Waals surface area contributed by atoms with Crippen LogP contribution >= 0.6 is 15.9 Å². The van der Waals surface area contributed by atoms with Gasteiger partial charge in [0.15, 0.2) is 5.58 Å². The van der Waals surface area contributed by atoms with Gasteiger partial charge >= 0.3 is 0 Å². The van der Waals surface area contributed by atoms with Gasteiger partial charge in [0.25, 0.3) is 5.91 Å². The highest BCUT2D eigenvalue weighted by molar-refractivity contribution is 9.10. The summed E-state index contributed by atoms with van der Waals surface area (Å²) in [6, 6.07) is 12.1. The number of likely N-dealkylation sites (tertiary alicyclic amines) is 1. The van der Waals surface area contributed by atoms with Gasteiger partial charge in [-0.05, 0) is 61.7 Å². The van der Waals surface area contributed by atoms with Crippen molar-refractivity contribution in [3.8, 4) is 0 Å². The Morgan fingerprint density at radius 1 is 0.941 bits per heavy atom. The van der Waals surface area contributed by atoms with Crippen molar-refractivity contribution in [2.24, 2.45) is 0 Å². The van der Waals surface area contributed by atoms with Crippen LogP contribution in [0.4, 0.5) is 0 Å². The van der Waals surface area contributed by atoms with Crippen LogP contribution in [-0.4, -0.2) is 72.7 Å². The van der Waals surface area contributed by atoms with E-state index in [0.29, 0.717) is 60.2 Å². The number of oxazole rings is 1. The Morgan fingerprint density at radius 2 is 1.65 bits per heavy atom. The van der Waals surface area contributed by atoms with Crippen LogP contribution in [-0.2, 0) is 16.6 Å². The van der Waals surface area contributed by atoms with Crippen molar-refractivity contribution in [2.45, 2.75) is 30.7 Å². The number of hydrogen-bond acceptors (Lipinski definition) is 6. The number of aromatic nitrogens is 1. The van der Waals surface area contributed by atoms with Crippen molar-refractivity contribution in [2.75, 3.05) is 39.3 Å². The summed E-state index contributed by atoms with van der Waals surface area (Å²) < 4.78 is 34.1. The molecule has 1 aromatic heterocycles. The number of piperazine rings is 1. The molecule has 5 rings (SSSR count). The number of carbonyl (C=O) groups excluding carboxylic acids is 1. The molecule has 3 heterocycles. The minimum absolute atomic E-state index is 0.0502.